The number of amides is 1. The molecule has 0 unspecified atom stereocenters. The highest BCUT2D eigenvalue weighted by Crippen LogP contribution is 2.23. The third-order valence-corrected chi connectivity index (χ3v) is 5.37. The molecule has 4 heterocycles. The number of carbonyl (C=O) groups excluding carboxylic acids is 1. The van der Waals surface area contributed by atoms with Gasteiger partial charge in [-0.15, -0.1) is 0 Å². The molecule has 29 heavy (non-hydrogen) atoms. The largest absolute Gasteiger partial charge is 0.378 e. The summed E-state index contributed by atoms with van der Waals surface area (Å²) in [6, 6.07) is 5.54. The highest BCUT2D eigenvalue weighted by atomic mass is 16.5. The lowest BCUT2D eigenvalue weighted by molar-refractivity contribution is 0.100. The number of aromatic nitrogens is 3. The van der Waals surface area contributed by atoms with Crippen molar-refractivity contribution < 1.29 is 9.53 Å². The summed E-state index contributed by atoms with van der Waals surface area (Å²) in [5, 5.41) is 0. The first-order valence-electron chi connectivity index (χ1n) is 10.1. The van der Waals surface area contributed by atoms with E-state index in [1.807, 2.05) is 0 Å². The van der Waals surface area contributed by atoms with Gasteiger partial charge in [-0.1, -0.05) is 6.92 Å². The molecule has 2 N–H and O–H groups in total. The first-order valence-corrected chi connectivity index (χ1v) is 10.1. The Bertz CT molecular complexity index is 862. The standard InChI is InChI=1S/C20H27N7O2/c1-2-15-14-17(24-20(23-15)27-10-12-29-13-11-27)25-6-8-26(9-7-25)19-16(18(21)28)4-3-5-22-19/h3-5,14H,2,6-13H2,1H3,(H2,21,28). The Hall–Kier alpha value is -2.94. The number of nitrogens with zero attached hydrogens (tertiary/aromatic N) is 6. The zero-order chi connectivity index (χ0) is 20.2. The maximum atomic E-state index is 11.7. The molecular formula is C20H27N7O2. The summed E-state index contributed by atoms with van der Waals surface area (Å²) in [4.78, 5) is 32.3. The van der Waals surface area contributed by atoms with Gasteiger partial charge >= 0.3 is 0 Å². The van der Waals surface area contributed by atoms with E-state index in [4.69, 9.17) is 20.4 Å². The summed E-state index contributed by atoms with van der Waals surface area (Å²) >= 11 is 0. The number of pyridine rings is 1. The summed E-state index contributed by atoms with van der Waals surface area (Å²) in [6.45, 7) is 8.23. The van der Waals surface area contributed by atoms with Crippen LogP contribution in [0, 0.1) is 0 Å². The zero-order valence-corrected chi connectivity index (χ0v) is 16.8. The number of nitrogens with two attached hydrogens (primary N) is 1. The lowest BCUT2D eigenvalue weighted by atomic mass is 10.2. The molecule has 0 aromatic carbocycles. The van der Waals surface area contributed by atoms with Crippen LogP contribution in [-0.2, 0) is 11.2 Å². The Morgan fingerprint density at radius 3 is 2.48 bits per heavy atom. The van der Waals surface area contributed by atoms with E-state index in [0.717, 1.165) is 63.1 Å². The number of aryl methyl sites for hydroxylation is 1. The third-order valence-electron chi connectivity index (χ3n) is 5.37. The average molecular weight is 397 g/mol. The van der Waals surface area contributed by atoms with Gasteiger partial charge in [0.05, 0.1) is 18.8 Å². The van der Waals surface area contributed by atoms with Gasteiger partial charge in [-0.25, -0.2) is 9.97 Å². The molecule has 2 fully saturated rings. The van der Waals surface area contributed by atoms with E-state index in [2.05, 4.69) is 32.7 Å². The highest BCUT2D eigenvalue weighted by Gasteiger charge is 2.24. The van der Waals surface area contributed by atoms with Crippen molar-refractivity contribution in [2.24, 2.45) is 5.73 Å². The van der Waals surface area contributed by atoms with Crippen molar-refractivity contribution in [2.45, 2.75) is 13.3 Å². The molecule has 154 valence electrons. The second-order valence-electron chi connectivity index (χ2n) is 7.18. The average Bonchev–Trinajstić information content (AvgIpc) is 2.79. The number of rotatable bonds is 5. The molecule has 0 saturated carbocycles. The fourth-order valence-corrected chi connectivity index (χ4v) is 3.71. The van der Waals surface area contributed by atoms with Crippen molar-refractivity contribution in [3.8, 4) is 0 Å². The van der Waals surface area contributed by atoms with Gasteiger partial charge in [0.2, 0.25) is 5.95 Å². The second kappa shape index (κ2) is 8.60. The van der Waals surface area contributed by atoms with Crippen LogP contribution in [0.5, 0.6) is 0 Å². The van der Waals surface area contributed by atoms with Crippen LogP contribution >= 0.6 is 0 Å². The second-order valence-corrected chi connectivity index (χ2v) is 7.18. The van der Waals surface area contributed by atoms with Crippen LogP contribution < -0.4 is 20.4 Å². The quantitative estimate of drug-likeness (QED) is 0.787. The van der Waals surface area contributed by atoms with Crippen LogP contribution in [0.2, 0.25) is 0 Å². The van der Waals surface area contributed by atoms with Gasteiger partial charge < -0.3 is 25.2 Å². The first kappa shape index (κ1) is 19.4. The van der Waals surface area contributed by atoms with E-state index >= 15 is 0 Å². The minimum atomic E-state index is -0.450. The van der Waals surface area contributed by atoms with Crippen molar-refractivity contribution in [3.63, 3.8) is 0 Å². The third kappa shape index (κ3) is 4.24. The lowest BCUT2D eigenvalue weighted by Crippen LogP contribution is -2.48. The smallest absolute Gasteiger partial charge is 0.252 e. The van der Waals surface area contributed by atoms with Crippen LogP contribution in [0.4, 0.5) is 17.6 Å². The molecule has 2 aromatic heterocycles. The zero-order valence-electron chi connectivity index (χ0n) is 16.8. The Kier molecular flexibility index (Phi) is 5.75. The fraction of sp³-hybridized carbons (Fsp3) is 0.500. The summed E-state index contributed by atoms with van der Waals surface area (Å²) in [6.07, 6.45) is 2.56. The lowest BCUT2D eigenvalue weighted by Gasteiger charge is -2.37. The van der Waals surface area contributed by atoms with Gasteiger partial charge in [0.1, 0.15) is 11.6 Å². The van der Waals surface area contributed by atoms with Crippen LogP contribution in [0.1, 0.15) is 23.0 Å². The highest BCUT2D eigenvalue weighted by molar-refractivity contribution is 5.97. The molecule has 0 bridgehead atoms. The van der Waals surface area contributed by atoms with Crippen molar-refractivity contribution in [1.29, 1.82) is 0 Å². The van der Waals surface area contributed by atoms with E-state index in [0.29, 0.717) is 24.6 Å². The van der Waals surface area contributed by atoms with Gasteiger partial charge in [-0.3, -0.25) is 4.79 Å². The topological polar surface area (TPSA) is 101 Å². The number of ether oxygens (including phenoxy) is 1. The van der Waals surface area contributed by atoms with Gasteiger partial charge in [-0.2, -0.15) is 4.98 Å². The maximum absolute atomic E-state index is 11.7. The number of hydrogen-bond acceptors (Lipinski definition) is 8. The molecule has 0 aliphatic carbocycles. The molecule has 2 aliphatic rings. The van der Waals surface area contributed by atoms with E-state index in [1.165, 1.54) is 0 Å². The van der Waals surface area contributed by atoms with E-state index in [1.54, 1.807) is 18.3 Å². The minimum Gasteiger partial charge on any atom is -0.378 e. The summed E-state index contributed by atoms with van der Waals surface area (Å²) in [5.41, 5.74) is 7.02. The van der Waals surface area contributed by atoms with Crippen LogP contribution in [0.15, 0.2) is 24.4 Å². The number of morpholine rings is 1. The van der Waals surface area contributed by atoms with Gasteiger partial charge in [0.15, 0.2) is 0 Å². The molecule has 9 heteroatoms. The molecule has 1 amide bonds. The number of primary amides is 1. The van der Waals surface area contributed by atoms with Crippen molar-refractivity contribution in [1.82, 2.24) is 15.0 Å². The minimum absolute atomic E-state index is 0.450. The maximum Gasteiger partial charge on any atom is 0.252 e. The fourth-order valence-electron chi connectivity index (χ4n) is 3.71. The predicted octanol–water partition coefficient (Wildman–Crippen LogP) is 0.696. The number of piperazine rings is 1. The Labute approximate surface area is 170 Å². The number of carbonyl (C=O) groups is 1. The van der Waals surface area contributed by atoms with E-state index in [9.17, 15) is 4.79 Å². The molecule has 0 atom stereocenters. The van der Waals surface area contributed by atoms with Crippen LogP contribution in [0.25, 0.3) is 0 Å². The van der Waals surface area contributed by atoms with Gasteiger partial charge in [0.25, 0.3) is 5.91 Å². The summed E-state index contributed by atoms with van der Waals surface area (Å²) < 4.78 is 5.45. The summed E-state index contributed by atoms with van der Waals surface area (Å²) in [5.74, 6) is 1.94. The molecule has 9 nitrogen and oxygen atoms in total. The van der Waals surface area contributed by atoms with Crippen molar-refractivity contribution >= 4 is 23.5 Å². The van der Waals surface area contributed by atoms with Gasteiger partial charge in [-0.05, 0) is 18.6 Å². The van der Waals surface area contributed by atoms with Gasteiger partial charge in [0, 0.05) is 57.2 Å². The molecule has 2 aromatic rings. The van der Waals surface area contributed by atoms with Crippen molar-refractivity contribution in [3.05, 3.63) is 35.7 Å². The molecule has 0 radical (unpaired) electrons. The summed E-state index contributed by atoms with van der Waals surface area (Å²) in [7, 11) is 0. The molecule has 2 saturated heterocycles. The van der Waals surface area contributed by atoms with Crippen LogP contribution in [0.3, 0.4) is 0 Å². The van der Waals surface area contributed by atoms with Crippen molar-refractivity contribution in [2.75, 3.05) is 67.2 Å². The Morgan fingerprint density at radius 1 is 1.07 bits per heavy atom. The number of hydrogen-bond donors (Lipinski definition) is 1. The SMILES string of the molecule is CCc1cc(N2CCN(c3ncccc3C(N)=O)CC2)nc(N2CCOCC2)n1. The molecule has 2 aliphatic heterocycles. The van der Waals surface area contributed by atoms with E-state index in [-0.39, 0.29) is 0 Å². The molecule has 4 rings (SSSR count). The Balaban J connectivity index is 1.50. The monoisotopic (exact) mass is 397 g/mol. The predicted molar refractivity (Wildman–Crippen MR) is 112 cm³/mol. The van der Waals surface area contributed by atoms with Crippen LogP contribution in [-0.4, -0.2) is 73.3 Å². The normalized spacial score (nSPS) is 17.5. The Morgan fingerprint density at radius 2 is 1.79 bits per heavy atom. The first-order chi connectivity index (χ1) is 14.2. The number of anilines is 3. The van der Waals surface area contributed by atoms with E-state index < -0.39 is 5.91 Å². The molecule has 0 spiro atoms. The molecular weight excluding hydrogens is 370 g/mol.